The molecule has 1 heterocycles. The van der Waals surface area contributed by atoms with E-state index < -0.39 is 23.5 Å². The van der Waals surface area contributed by atoms with Gasteiger partial charge in [0.1, 0.15) is 11.4 Å². The average molecular weight is 483 g/mol. The molecule has 1 N–H and O–H groups in total. The second-order valence-electron chi connectivity index (χ2n) is 9.75. The van der Waals surface area contributed by atoms with Crippen LogP contribution in [-0.4, -0.2) is 29.3 Å². The van der Waals surface area contributed by atoms with Crippen molar-refractivity contribution in [2.45, 2.75) is 53.3 Å². The standard InChI is InChI=1S/C27H31FN2O5/c1-16(2)15-30-22(14-29-26(33)35-27(3,4)5)23(17-8-7-9-19(28)12-17)21-13-18(25(32)34-6)10-11-20(21)24(30)31/h7-13,16H,14-15H2,1-6H3,(H,29,33). The minimum absolute atomic E-state index is 0.0406. The Bertz CT molecular complexity index is 1320. The lowest BCUT2D eigenvalue weighted by atomic mass is 9.94. The number of hydrogen-bond donors (Lipinski definition) is 1. The van der Waals surface area contributed by atoms with Gasteiger partial charge in [-0.2, -0.15) is 0 Å². The van der Waals surface area contributed by atoms with Crippen molar-refractivity contribution in [1.29, 1.82) is 0 Å². The molecule has 0 aliphatic rings. The number of esters is 1. The van der Waals surface area contributed by atoms with Gasteiger partial charge in [0.2, 0.25) is 0 Å². The highest BCUT2D eigenvalue weighted by molar-refractivity contribution is 6.02. The van der Waals surface area contributed by atoms with E-state index in [4.69, 9.17) is 9.47 Å². The lowest BCUT2D eigenvalue weighted by molar-refractivity contribution is 0.0521. The number of ether oxygens (including phenoxy) is 2. The zero-order chi connectivity index (χ0) is 25.9. The third-order valence-electron chi connectivity index (χ3n) is 5.26. The molecule has 3 aromatic rings. The van der Waals surface area contributed by atoms with Gasteiger partial charge in [-0.05, 0) is 68.0 Å². The normalized spacial score (nSPS) is 11.5. The number of alkyl carbamates (subject to hydrolysis) is 1. The van der Waals surface area contributed by atoms with E-state index in [9.17, 15) is 18.8 Å². The van der Waals surface area contributed by atoms with Gasteiger partial charge < -0.3 is 19.4 Å². The average Bonchev–Trinajstić information content (AvgIpc) is 2.77. The summed E-state index contributed by atoms with van der Waals surface area (Å²) in [7, 11) is 1.27. The van der Waals surface area contributed by atoms with E-state index in [-0.39, 0.29) is 23.6 Å². The molecule has 3 rings (SSSR count). The summed E-state index contributed by atoms with van der Waals surface area (Å²) in [6, 6.07) is 10.7. The first-order chi connectivity index (χ1) is 16.4. The van der Waals surface area contributed by atoms with Crippen molar-refractivity contribution in [2.75, 3.05) is 7.11 Å². The molecule has 0 bridgehead atoms. The van der Waals surface area contributed by atoms with Gasteiger partial charge >= 0.3 is 12.1 Å². The Morgan fingerprint density at radius 3 is 2.40 bits per heavy atom. The number of nitrogens with zero attached hydrogens (tertiary/aromatic N) is 1. The molecule has 0 atom stereocenters. The van der Waals surface area contributed by atoms with Crippen LogP contribution in [0.25, 0.3) is 21.9 Å². The van der Waals surface area contributed by atoms with Crippen LogP contribution < -0.4 is 10.9 Å². The highest BCUT2D eigenvalue weighted by Crippen LogP contribution is 2.32. The van der Waals surface area contributed by atoms with Crippen LogP contribution in [0, 0.1) is 11.7 Å². The van der Waals surface area contributed by atoms with Crippen molar-refractivity contribution >= 4 is 22.8 Å². The predicted octanol–water partition coefficient (Wildman–Crippen LogP) is 5.27. The molecule has 1 amide bonds. The summed E-state index contributed by atoms with van der Waals surface area (Å²) < 4.78 is 26.1. The largest absolute Gasteiger partial charge is 0.465 e. The number of fused-ring (bicyclic) bond motifs is 1. The van der Waals surface area contributed by atoms with Gasteiger partial charge in [-0.15, -0.1) is 0 Å². The smallest absolute Gasteiger partial charge is 0.407 e. The summed E-state index contributed by atoms with van der Waals surface area (Å²) in [6.07, 6.45) is -0.644. The fourth-order valence-corrected chi connectivity index (χ4v) is 3.92. The molecule has 7 nitrogen and oxygen atoms in total. The van der Waals surface area contributed by atoms with Crippen molar-refractivity contribution in [3.63, 3.8) is 0 Å². The van der Waals surface area contributed by atoms with Gasteiger partial charge in [-0.25, -0.2) is 14.0 Å². The molecule has 0 aliphatic carbocycles. The van der Waals surface area contributed by atoms with Crippen LogP contribution in [-0.2, 0) is 22.6 Å². The number of halogens is 1. The molecule has 0 aliphatic heterocycles. The van der Waals surface area contributed by atoms with Crippen molar-refractivity contribution in [1.82, 2.24) is 9.88 Å². The molecule has 0 spiro atoms. The molecule has 0 unspecified atom stereocenters. The highest BCUT2D eigenvalue weighted by Gasteiger charge is 2.22. The van der Waals surface area contributed by atoms with Crippen LogP contribution in [0.1, 0.15) is 50.7 Å². The molecule has 0 saturated carbocycles. The number of carbonyl (C=O) groups is 2. The number of pyridine rings is 1. The number of carbonyl (C=O) groups excluding carboxylic acids is 2. The molecule has 1 aromatic heterocycles. The van der Waals surface area contributed by atoms with Gasteiger partial charge in [0.25, 0.3) is 5.56 Å². The van der Waals surface area contributed by atoms with Crippen LogP contribution in [0.15, 0.2) is 47.3 Å². The first-order valence-electron chi connectivity index (χ1n) is 11.4. The van der Waals surface area contributed by atoms with E-state index in [0.717, 1.165) is 0 Å². The molecule has 186 valence electrons. The second-order valence-corrected chi connectivity index (χ2v) is 9.75. The van der Waals surface area contributed by atoms with Gasteiger partial charge in [0, 0.05) is 23.2 Å². The maximum absolute atomic E-state index is 14.3. The molecule has 0 radical (unpaired) electrons. The Morgan fingerprint density at radius 1 is 1.09 bits per heavy atom. The van der Waals surface area contributed by atoms with Crippen molar-refractivity contribution < 1.29 is 23.5 Å². The first-order valence-corrected chi connectivity index (χ1v) is 11.4. The quantitative estimate of drug-likeness (QED) is 0.484. The number of amides is 1. The predicted molar refractivity (Wildman–Crippen MR) is 133 cm³/mol. The maximum atomic E-state index is 14.3. The van der Waals surface area contributed by atoms with Crippen molar-refractivity contribution in [3.05, 3.63) is 69.9 Å². The van der Waals surface area contributed by atoms with Crippen molar-refractivity contribution in [2.24, 2.45) is 5.92 Å². The summed E-state index contributed by atoms with van der Waals surface area (Å²) in [5.41, 5.74) is 0.814. The van der Waals surface area contributed by atoms with E-state index in [1.54, 1.807) is 49.6 Å². The monoisotopic (exact) mass is 482 g/mol. The van der Waals surface area contributed by atoms with E-state index in [0.29, 0.717) is 34.1 Å². The van der Waals surface area contributed by atoms with Crippen molar-refractivity contribution in [3.8, 4) is 11.1 Å². The Morgan fingerprint density at radius 2 is 1.80 bits per heavy atom. The molecular weight excluding hydrogens is 451 g/mol. The van der Waals surface area contributed by atoms with Crippen LogP contribution in [0.3, 0.4) is 0 Å². The Hall–Kier alpha value is -3.68. The van der Waals surface area contributed by atoms with Crippen LogP contribution in [0.5, 0.6) is 0 Å². The van der Waals surface area contributed by atoms with Gasteiger partial charge in [0.15, 0.2) is 0 Å². The summed E-state index contributed by atoms with van der Waals surface area (Å²) in [6.45, 7) is 9.55. The third kappa shape index (κ3) is 6.07. The number of hydrogen-bond acceptors (Lipinski definition) is 5. The molecule has 2 aromatic carbocycles. The molecule has 8 heteroatoms. The van der Waals surface area contributed by atoms with Crippen LogP contribution >= 0.6 is 0 Å². The SMILES string of the molecule is COC(=O)c1ccc2c(=O)n(CC(C)C)c(CNC(=O)OC(C)(C)C)c(-c3cccc(F)c3)c2c1. The van der Waals surface area contributed by atoms with E-state index in [2.05, 4.69) is 5.32 Å². The Kier molecular flexibility index (Phi) is 7.63. The highest BCUT2D eigenvalue weighted by atomic mass is 19.1. The van der Waals surface area contributed by atoms with E-state index in [1.165, 1.54) is 25.3 Å². The van der Waals surface area contributed by atoms with Crippen LogP contribution in [0.4, 0.5) is 9.18 Å². The minimum Gasteiger partial charge on any atom is -0.465 e. The van der Waals surface area contributed by atoms with Crippen LogP contribution in [0.2, 0.25) is 0 Å². The number of methoxy groups -OCH3 is 1. The number of aromatic nitrogens is 1. The van der Waals surface area contributed by atoms with E-state index >= 15 is 0 Å². The summed E-state index contributed by atoms with van der Waals surface area (Å²) in [4.78, 5) is 38.3. The summed E-state index contributed by atoms with van der Waals surface area (Å²) >= 11 is 0. The summed E-state index contributed by atoms with van der Waals surface area (Å²) in [5.74, 6) is -0.899. The molecule has 0 fully saturated rings. The number of rotatable bonds is 6. The second kappa shape index (κ2) is 10.3. The maximum Gasteiger partial charge on any atom is 0.407 e. The zero-order valence-electron chi connectivity index (χ0n) is 20.9. The lowest BCUT2D eigenvalue weighted by Gasteiger charge is -2.23. The van der Waals surface area contributed by atoms with Gasteiger partial charge in [-0.1, -0.05) is 26.0 Å². The van der Waals surface area contributed by atoms with Gasteiger partial charge in [0.05, 0.1) is 19.2 Å². The zero-order valence-corrected chi connectivity index (χ0v) is 20.9. The number of nitrogens with one attached hydrogen (secondary N) is 1. The fourth-order valence-electron chi connectivity index (χ4n) is 3.92. The van der Waals surface area contributed by atoms with E-state index in [1.807, 2.05) is 13.8 Å². The Balaban J connectivity index is 2.34. The number of benzene rings is 2. The fraction of sp³-hybridized carbons (Fsp3) is 0.370. The topological polar surface area (TPSA) is 86.6 Å². The lowest BCUT2D eigenvalue weighted by Crippen LogP contribution is -2.35. The summed E-state index contributed by atoms with van der Waals surface area (Å²) in [5, 5.41) is 3.56. The van der Waals surface area contributed by atoms with Gasteiger partial charge in [-0.3, -0.25) is 4.79 Å². The first kappa shape index (κ1) is 25.9. The molecule has 35 heavy (non-hydrogen) atoms. The Labute approximate surface area is 203 Å². The third-order valence-corrected chi connectivity index (χ3v) is 5.26. The molecule has 0 saturated heterocycles. The molecular formula is C27H31FN2O5. The minimum atomic E-state index is -0.703.